The second kappa shape index (κ2) is 13.3. The van der Waals surface area contributed by atoms with Crippen molar-refractivity contribution in [2.75, 3.05) is 31.1 Å². The van der Waals surface area contributed by atoms with Crippen LogP contribution < -0.4 is 16.0 Å². The minimum atomic E-state index is -0.635. The van der Waals surface area contributed by atoms with Crippen LogP contribution in [0.4, 0.5) is 10.6 Å². The summed E-state index contributed by atoms with van der Waals surface area (Å²) in [6.45, 7) is 6.41. The Morgan fingerprint density at radius 3 is 2.44 bits per heavy atom. The second-order valence-electron chi connectivity index (χ2n) is 8.44. The topological polar surface area (TPSA) is 101 Å². The lowest BCUT2D eigenvalue weighted by molar-refractivity contribution is -0.133. The van der Waals surface area contributed by atoms with Crippen molar-refractivity contribution >= 4 is 17.8 Å². The number of rotatable bonds is 11. The molecule has 1 saturated heterocycles. The van der Waals surface area contributed by atoms with E-state index in [0.717, 1.165) is 30.6 Å². The Bertz CT molecular complexity index is 901. The Balaban J connectivity index is 1.54. The number of nitrogens with two attached hydrogens (primary N) is 1. The summed E-state index contributed by atoms with van der Waals surface area (Å²) < 4.78 is 5.36. The number of unbranched alkanes of at least 4 members (excludes halogenated alkanes) is 1. The van der Waals surface area contributed by atoms with Crippen LogP contribution in [0, 0.1) is 0 Å². The van der Waals surface area contributed by atoms with Crippen molar-refractivity contribution in [3.05, 3.63) is 72.9 Å². The molecule has 0 saturated carbocycles. The molecule has 8 heteroatoms. The molecule has 182 valence electrons. The third-order valence-corrected chi connectivity index (χ3v) is 5.95. The monoisotopic (exact) mass is 465 g/mol. The molecule has 3 N–H and O–H groups in total. The highest BCUT2D eigenvalue weighted by molar-refractivity contribution is 5.85. The average molecular weight is 466 g/mol. The molecule has 2 amide bonds. The zero-order valence-corrected chi connectivity index (χ0v) is 19.6. The van der Waals surface area contributed by atoms with E-state index in [4.69, 9.17) is 10.5 Å². The van der Waals surface area contributed by atoms with Crippen molar-refractivity contribution in [3.63, 3.8) is 0 Å². The summed E-state index contributed by atoms with van der Waals surface area (Å²) in [7, 11) is 0. The maximum atomic E-state index is 13.3. The van der Waals surface area contributed by atoms with Crippen molar-refractivity contribution in [1.29, 1.82) is 0 Å². The van der Waals surface area contributed by atoms with Crippen LogP contribution >= 0.6 is 0 Å². The molecule has 2 heterocycles. The number of aromatic nitrogens is 1. The number of carbonyl (C=O) groups is 2. The predicted molar refractivity (Wildman–Crippen MR) is 133 cm³/mol. The molecule has 0 bridgehead atoms. The van der Waals surface area contributed by atoms with Crippen molar-refractivity contribution in [2.24, 2.45) is 5.73 Å². The van der Waals surface area contributed by atoms with Gasteiger partial charge in [0.15, 0.2) is 0 Å². The average Bonchev–Trinajstić information content (AvgIpc) is 2.89. The normalized spacial score (nSPS) is 15.3. The van der Waals surface area contributed by atoms with Crippen LogP contribution in [0.25, 0.3) is 0 Å². The van der Waals surface area contributed by atoms with E-state index in [-0.39, 0.29) is 18.6 Å². The number of piperazine rings is 1. The first-order valence-electron chi connectivity index (χ1n) is 11.9. The number of amides is 2. The number of alkyl carbamates (subject to hydrolysis) is 1. The number of pyridine rings is 1. The van der Waals surface area contributed by atoms with E-state index in [9.17, 15) is 9.59 Å². The third kappa shape index (κ3) is 7.88. The van der Waals surface area contributed by atoms with E-state index >= 15 is 0 Å². The number of hydrogen-bond acceptors (Lipinski definition) is 6. The van der Waals surface area contributed by atoms with Crippen LogP contribution in [-0.2, 0) is 16.1 Å². The minimum absolute atomic E-state index is 0.0578. The van der Waals surface area contributed by atoms with E-state index in [1.54, 1.807) is 12.3 Å². The Kier molecular flexibility index (Phi) is 9.91. The van der Waals surface area contributed by atoms with Gasteiger partial charge in [0, 0.05) is 38.4 Å². The van der Waals surface area contributed by atoms with Gasteiger partial charge in [-0.05, 0) is 30.5 Å². The molecule has 2 atom stereocenters. The highest BCUT2D eigenvalue weighted by Gasteiger charge is 2.29. The van der Waals surface area contributed by atoms with Crippen LogP contribution in [0.15, 0.2) is 67.4 Å². The molecule has 3 rings (SSSR count). The number of hydrogen-bond donors (Lipinski definition) is 2. The maximum absolute atomic E-state index is 13.3. The predicted octanol–water partition coefficient (Wildman–Crippen LogP) is 3.10. The lowest BCUT2D eigenvalue weighted by Crippen LogP contribution is -2.55. The number of nitrogens with one attached hydrogen (secondary N) is 1. The quantitative estimate of drug-likeness (QED) is 0.391. The zero-order chi connectivity index (χ0) is 24.2. The number of anilines is 1. The molecule has 8 nitrogen and oxygen atoms in total. The summed E-state index contributed by atoms with van der Waals surface area (Å²) in [6, 6.07) is 14.6. The molecule has 1 unspecified atom stereocenters. The Hall–Kier alpha value is -3.39. The van der Waals surface area contributed by atoms with Gasteiger partial charge in [-0.3, -0.25) is 4.79 Å². The van der Waals surface area contributed by atoms with E-state index in [1.807, 2.05) is 53.4 Å². The van der Waals surface area contributed by atoms with E-state index in [1.165, 1.54) is 0 Å². The third-order valence-electron chi connectivity index (χ3n) is 5.95. The number of ether oxygens (including phenoxy) is 1. The fraction of sp³-hybridized carbons (Fsp3) is 0.423. The van der Waals surface area contributed by atoms with Crippen LogP contribution in [-0.4, -0.2) is 60.1 Å². The molecule has 34 heavy (non-hydrogen) atoms. The Morgan fingerprint density at radius 1 is 1.06 bits per heavy atom. The van der Waals surface area contributed by atoms with Gasteiger partial charge in [-0.2, -0.15) is 0 Å². The Labute approximate surface area is 201 Å². The van der Waals surface area contributed by atoms with Gasteiger partial charge in [0.05, 0.1) is 0 Å². The van der Waals surface area contributed by atoms with Crippen LogP contribution in [0.5, 0.6) is 0 Å². The summed E-state index contributed by atoms with van der Waals surface area (Å²) in [5, 5.41) is 2.80. The molecule has 0 spiro atoms. The van der Waals surface area contributed by atoms with Gasteiger partial charge in [-0.1, -0.05) is 55.3 Å². The first-order chi connectivity index (χ1) is 16.6. The number of benzene rings is 1. The molecule has 0 radical (unpaired) electrons. The largest absolute Gasteiger partial charge is 0.445 e. The first kappa shape index (κ1) is 25.2. The van der Waals surface area contributed by atoms with Gasteiger partial charge >= 0.3 is 6.09 Å². The van der Waals surface area contributed by atoms with Crippen LogP contribution in [0.2, 0.25) is 0 Å². The fourth-order valence-corrected chi connectivity index (χ4v) is 3.93. The highest BCUT2D eigenvalue weighted by atomic mass is 16.5. The molecule has 1 aliphatic heterocycles. The van der Waals surface area contributed by atoms with E-state index in [0.29, 0.717) is 32.6 Å². The van der Waals surface area contributed by atoms with Gasteiger partial charge in [0.2, 0.25) is 5.91 Å². The molecule has 1 aromatic heterocycles. The second-order valence-corrected chi connectivity index (χ2v) is 8.44. The summed E-state index contributed by atoms with van der Waals surface area (Å²) in [5.74, 6) is 0.831. The maximum Gasteiger partial charge on any atom is 0.408 e. The summed E-state index contributed by atoms with van der Waals surface area (Å²) in [4.78, 5) is 34.2. The van der Waals surface area contributed by atoms with Gasteiger partial charge in [-0.15, -0.1) is 6.58 Å². The molecule has 2 aromatic rings. The van der Waals surface area contributed by atoms with Crippen molar-refractivity contribution < 1.29 is 14.3 Å². The van der Waals surface area contributed by atoms with Gasteiger partial charge in [0.25, 0.3) is 0 Å². The number of nitrogens with zero attached hydrogens (tertiary/aromatic N) is 3. The molecule has 1 aliphatic rings. The lowest BCUT2D eigenvalue weighted by Gasteiger charge is -2.37. The molecule has 1 fully saturated rings. The van der Waals surface area contributed by atoms with E-state index in [2.05, 4.69) is 21.8 Å². The van der Waals surface area contributed by atoms with E-state index < -0.39 is 12.1 Å². The smallest absolute Gasteiger partial charge is 0.408 e. The summed E-state index contributed by atoms with van der Waals surface area (Å²) in [5.41, 5.74) is 6.80. The summed E-state index contributed by atoms with van der Waals surface area (Å²) >= 11 is 0. The van der Waals surface area contributed by atoms with Crippen molar-refractivity contribution in [1.82, 2.24) is 15.2 Å². The Morgan fingerprint density at radius 2 is 1.76 bits per heavy atom. The zero-order valence-electron chi connectivity index (χ0n) is 19.6. The molecular weight excluding hydrogens is 430 g/mol. The number of carbonyl (C=O) groups excluding carboxylic acids is 2. The SMILES string of the molecule is C=CC(N)CCCC[C@H](NC(=O)OCc1ccccc1)C(=O)N1CCN(c2ccccn2)CC1. The van der Waals surface area contributed by atoms with Crippen molar-refractivity contribution in [3.8, 4) is 0 Å². The molecule has 0 aliphatic carbocycles. The van der Waals surface area contributed by atoms with Crippen LogP contribution in [0.1, 0.15) is 31.2 Å². The van der Waals surface area contributed by atoms with Gasteiger partial charge in [0.1, 0.15) is 18.5 Å². The van der Waals surface area contributed by atoms with Gasteiger partial charge < -0.3 is 25.6 Å². The minimum Gasteiger partial charge on any atom is -0.445 e. The van der Waals surface area contributed by atoms with Crippen molar-refractivity contribution in [2.45, 2.75) is 44.4 Å². The van der Waals surface area contributed by atoms with Gasteiger partial charge in [-0.25, -0.2) is 9.78 Å². The standard InChI is InChI=1S/C26H35N5O3/c1-2-22(27)12-6-7-13-23(29-26(33)34-20-21-10-4-3-5-11-21)25(32)31-18-16-30(17-19-31)24-14-8-9-15-28-24/h2-5,8-11,14-15,22-23H,1,6-7,12-13,16-20,27H2,(H,29,33)/t22?,23-/m0/s1. The van der Waals surface area contributed by atoms with Crippen LogP contribution in [0.3, 0.4) is 0 Å². The fourth-order valence-electron chi connectivity index (χ4n) is 3.93. The molecule has 1 aromatic carbocycles. The lowest BCUT2D eigenvalue weighted by atomic mass is 10.0. The first-order valence-corrected chi connectivity index (χ1v) is 11.9. The molecular formula is C26H35N5O3. The highest BCUT2D eigenvalue weighted by Crippen LogP contribution is 2.15. The summed E-state index contributed by atoms with van der Waals surface area (Å²) in [6.07, 6.45) is 5.86.